The van der Waals surface area contributed by atoms with E-state index in [0.717, 1.165) is 0 Å². The predicted molar refractivity (Wildman–Crippen MR) is 51.7 cm³/mol. The number of nitrogens with one attached hydrogen (secondary N) is 1. The summed E-state index contributed by atoms with van der Waals surface area (Å²) in [5, 5.41) is 11.4. The van der Waals surface area contributed by atoms with Gasteiger partial charge in [-0.25, -0.2) is 0 Å². The molecule has 0 saturated heterocycles. The fourth-order valence-electron chi connectivity index (χ4n) is 0.681. The van der Waals surface area contributed by atoms with Gasteiger partial charge in [-0.05, 0) is 26.3 Å². The average Bonchev–Trinajstić information content (AvgIpc) is 2.14. The zero-order valence-electron chi connectivity index (χ0n) is 7.81. The largest absolute Gasteiger partial charge is 0.331 e. The number of rotatable bonds is 3. The number of nitrogens with zero attached hydrogens (tertiary/aromatic N) is 1. The fraction of sp³-hybridized carbons (Fsp3) is 0.333. The molecule has 0 rings (SSSR count). The molecule has 4 heteroatoms. The van der Waals surface area contributed by atoms with E-state index in [4.69, 9.17) is 16.9 Å². The molecule has 0 atom stereocenters. The Morgan fingerprint density at radius 1 is 1.46 bits per heavy atom. The Bertz CT molecular complexity index is 310. The molecule has 0 aromatic heterocycles. The number of carbonyl (C=O) groups excluding carboxylic acids is 1. The molecule has 1 N–H and O–H groups in total. The lowest BCUT2D eigenvalue weighted by Crippen LogP contribution is -2.09. The first-order valence-corrected chi connectivity index (χ1v) is 4.06. The number of allylic oxidation sites excluding steroid dienone is 4. The van der Waals surface area contributed by atoms with Crippen molar-refractivity contribution in [1.82, 2.24) is 5.32 Å². The van der Waals surface area contributed by atoms with E-state index in [-0.39, 0.29) is 0 Å². The second-order valence-corrected chi connectivity index (χ2v) is 2.94. The predicted octanol–water partition coefficient (Wildman–Crippen LogP) is 2.06. The normalized spacial score (nSPS) is 13.8. The quantitative estimate of drug-likeness (QED) is 0.429. The second-order valence-electron chi connectivity index (χ2n) is 2.56. The van der Waals surface area contributed by atoms with Gasteiger partial charge < -0.3 is 5.32 Å². The van der Waals surface area contributed by atoms with Crippen molar-refractivity contribution in [3.05, 3.63) is 21.9 Å². The molecule has 1 amide bonds. The molecule has 0 unspecified atom stereocenters. The Kier molecular flexibility index (Phi) is 4.86. The highest BCUT2D eigenvalue weighted by Gasteiger charge is 2.04. The highest BCUT2D eigenvalue weighted by atomic mass is 35.5. The van der Waals surface area contributed by atoms with Gasteiger partial charge in [0, 0.05) is 11.3 Å². The van der Waals surface area contributed by atoms with Crippen molar-refractivity contribution < 1.29 is 4.79 Å². The van der Waals surface area contributed by atoms with Crippen molar-refractivity contribution in [1.29, 1.82) is 5.26 Å². The molecular weight excluding hydrogens is 188 g/mol. The van der Waals surface area contributed by atoms with E-state index in [2.05, 4.69) is 5.32 Å². The molecule has 3 nitrogen and oxygen atoms in total. The van der Waals surface area contributed by atoms with Gasteiger partial charge >= 0.3 is 0 Å². The van der Waals surface area contributed by atoms with E-state index in [1.807, 2.05) is 6.07 Å². The number of nitriles is 1. The lowest BCUT2D eigenvalue weighted by atomic mass is 10.1. The summed E-state index contributed by atoms with van der Waals surface area (Å²) in [6.45, 7) is 5.08. The summed E-state index contributed by atoms with van der Waals surface area (Å²) in [5.74, 6) is 0. The summed E-state index contributed by atoms with van der Waals surface area (Å²) < 4.78 is 0. The van der Waals surface area contributed by atoms with E-state index in [1.165, 1.54) is 0 Å². The first kappa shape index (κ1) is 11.7. The molecule has 0 aromatic carbocycles. The maximum absolute atomic E-state index is 10.1. The maximum Gasteiger partial charge on any atom is 0.211 e. The van der Waals surface area contributed by atoms with Gasteiger partial charge in [0.15, 0.2) is 0 Å². The molecule has 0 aliphatic carbocycles. The van der Waals surface area contributed by atoms with Crippen LogP contribution in [0.1, 0.15) is 20.8 Å². The lowest BCUT2D eigenvalue weighted by Gasteiger charge is -2.04. The average molecular weight is 199 g/mol. The van der Waals surface area contributed by atoms with Gasteiger partial charge in [-0.2, -0.15) is 5.26 Å². The van der Waals surface area contributed by atoms with Crippen LogP contribution in [0.2, 0.25) is 0 Å². The molecule has 0 saturated carbocycles. The van der Waals surface area contributed by atoms with Crippen LogP contribution in [0.5, 0.6) is 0 Å². The van der Waals surface area contributed by atoms with Gasteiger partial charge in [0.2, 0.25) is 6.41 Å². The minimum Gasteiger partial charge on any atom is -0.331 e. The number of carbonyl (C=O) groups is 1. The van der Waals surface area contributed by atoms with Gasteiger partial charge in [-0.15, -0.1) is 0 Å². The van der Waals surface area contributed by atoms with Gasteiger partial charge in [0.05, 0.1) is 11.1 Å². The number of hydrogen-bond donors (Lipinski definition) is 1. The van der Waals surface area contributed by atoms with Crippen molar-refractivity contribution in [2.45, 2.75) is 20.8 Å². The first-order valence-electron chi connectivity index (χ1n) is 3.69. The third kappa shape index (κ3) is 3.30. The van der Waals surface area contributed by atoms with Crippen molar-refractivity contribution >= 4 is 18.0 Å². The van der Waals surface area contributed by atoms with Crippen molar-refractivity contribution in [3.63, 3.8) is 0 Å². The molecular formula is C9H11ClN2O. The standard InChI is InChI=1S/C9H11ClN2O/c1-6(4-11)7(2)9(10)8(3)12-5-13/h5H,1-3H3,(H,12,13)/b7-6+,9-8+. The topological polar surface area (TPSA) is 52.9 Å². The lowest BCUT2D eigenvalue weighted by molar-refractivity contribution is -0.108. The minimum atomic E-state index is 0.408. The minimum absolute atomic E-state index is 0.408. The highest BCUT2D eigenvalue weighted by Crippen LogP contribution is 2.20. The van der Waals surface area contributed by atoms with E-state index >= 15 is 0 Å². The van der Waals surface area contributed by atoms with E-state index in [1.54, 1.807) is 20.8 Å². The smallest absolute Gasteiger partial charge is 0.211 e. The van der Waals surface area contributed by atoms with Gasteiger partial charge in [0.1, 0.15) is 0 Å². The van der Waals surface area contributed by atoms with Crippen LogP contribution in [0.15, 0.2) is 21.9 Å². The van der Waals surface area contributed by atoms with Crippen molar-refractivity contribution in [2.24, 2.45) is 0 Å². The Balaban J connectivity index is 5.00. The summed E-state index contributed by atoms with van der Waals surface area (Å²) in [6.07, 6.45) is 0.548. The van der Waals surface area contributed by atoms with Crippen LogP contribution in [-0.2, 0) is 4.79 Å². The van der Waals surface area contributed by atoms with Crippen LogP contribution in [0.25, 0.3) is 0 Å². The second kappa shape index (κ2) is 5.39. The zero-order chi connectivity index (χ0) is 10.4. The zero-order valence-corrected chi connectivity index (χ0v) is 8.57. The van der Waals surface area contributed by atoms with Crippen LogP contribution in [0.4, 0.5) is 0 Å². The SMILES string of the molecule is C/C(C#N)=C(C)\C(Cl)=C(\C)NC=O. The Hall–Kier alpha value is -1.27. The van der Waals surface area contributed by atoms with Crippen LogP contribution < -0.4 is 5.32 Å². The molecule has 0 bridgehead atoms. The van der Waals surface area contributed by atoms with Crippen LogP contribution in [0, 0.1) is 11.3 Å². The highest BCUT2D eigenvalue weighted by molar-refractivity contribution is 6.32. The summed E-state index contributed by atoms with van der Waals surface area (Å²) in [7, 11) is 0. The van der Waals surface area contributed by atoms with Gasteiger partial charge in [-0.1, -0.05) is 11.6 Å². The molecule has 0 heterocycles. The summed E-state index contributed by atoms with van der Waals surface area (Å²) >= 11 is 5.88. The van der Waals surface area contributed by atoms with Crippen LogP contribution >= 0.6 is 11.6 Å². The number of halogens is 1. The third-order valence-electron chi connectivity index (χ3n) is 1.66. The molecule has 0 spiro atoms. The Morgan fingerprint density at radius 2 is 2.00 bits per heavy atom. The van der Waals surface area contributed by atoms with Crippen molar-refractivity contribution in [2.75, 3.05) is 0 Å². The molecule has 70 valence electrons. The number of hydrogen-bond acceptors (Lipinski definition) is 2. The van der Waals surface area contributed by atoms with Crippen LogP contribution in [-0.4, -0.2) is 6.41 Å². The molecule has 13 heavy (non-hydrogen) atoms. The number of amides is 1. The maximum atomic E-state index is 10.1. The van der Waals surface area contributed by atoms with Crippen molar-refractivity contribution in [3.8, 4) is 6.07 Å². The molecule has 0 aliphatic heterocycles. The Morgan fingerprint density at radius 3 is 2.38 bits per heavy atom. The fourth-order valence-corrected chi connectivity index (χ4v) is 0.878. The third-order valence-corrected chi connectivity index (χ3v) is 2.23. The monoisotopic (exact) mass is 198 g/mol. The van der Waals surface area contributed by atoms with E-state index in [9.17, 15) is 4.79 Å². The molecule has 0 radical (unpaired) electrons. The van der Waals surface area contributed by atoms with Gasteiger partial charge in [-0.3, -0.25) is 4.79 Å². The van der Waals surface area contributed by atoms with Gasteiger partial charge in [0.25, 0.3) is 0 Å². The van der Waals surface area contributed by atoms with E-state index in [0.29, 0.717) is 28.3 Å². The first-order chi connectivity index (χ1) is 6.04. The molecule has 0 aliphatic rings. The van der Waals surface area contributed by atoms with Crippen LogP contribution in [0.3, 0.4) is 0 Å². The summed E-state index contributed by atoms with van der Waals surface area (Å²) in [4.78, 5) is 10.1. The summed E-state index contributed by atoms with van der Waals surface area (Å²) in [5.41, 5.74) is 1.76. The van der Waals surface area contributed by atoms with E-state index < -0.39 is 0 Å². The molecule has 0 fully saturated rings. The Labute approximate surface area is 82.7 Å². The summed E-state index contributed by atoms with van der Waals surface area (Å²) in [6, 6.07) is 1.99. The molecule has 0 aromatic rings.